The van der Waals surface area contributed by atoms with Gasteiger partial charge in [0.05, 0.1) is 28.5 Å². The lowest BCUT2D eigenvalue weighted by Gasteiger charge is -2.06. The summed E-state index contributed by atoms with van der Waals surface area (Å²) in [6.07, 6.45) is 0.356. The quantitative estimate of drug-likeness (QED) is 0.702. The summed E-state index contributed by atoms with van der Waals surface area (Å²) in [4.78, 5) is 30.7. The maximum Gasteiger partial charge on any atom is 0.307 e. The van der Waals surface area contributed by atoms with E-state index in [0.29, 0.717) is 34.1 Å². The van der Waals surface area contributed by atoms with Crippen molar-refractivity contribution in [2.45, 2.75) is 19.3 Å². The fourth-order valence-electron chi connectivity index (χ4n) is 2.51. The topological polar surface area (TPSA) is 100 Å². The first-order valence-corrected chi connectivity index (χ1v) is 7.15. The van der Waals surface area contributed by atoms with Crippen molar-refractivity contribution in [3.05, 3.63) is 47.5 Å². The molecule has 1 aromatic heterocycles. The van der Waals surface area contributed by atoms with Crippen LogP contribution < -0.4 is 0 Å². The summed E-state index contributed by atoms with van der Waals surface area (Å²) in [6.45, 7) is 0. The summed E-state index contributed by atoms with van der Waals surface area (Å²) in [5.41, 5.74) is 4.03. The highest BCUT2D eigenvalue weighted by atomic mass is 16.4. The van der Waals surface area contributed by atoms with Gasteiger partial charge in [-0.25, -0.2) is 9.97 Å². The van der Waals surface area contributed by atoms with E-state index in [1.54, 1.807) is 18.2 Å². The molecule has 0 aliphatic heterocycles. The molecule has 0 saturated carbocycles. The van der Waals surface area contributed by atoms with E-state index < -0.39 is 11.9 Å². The van der Waals surface area contributed by atoms with Gasteiger partial charge in [-0.2, -0.15) is 0 Å². The molecule has 6 heteroatoms. The van der Waals surface area contributed by atoms with E-state index in [-0.39, 0.29) is 12.8 Å². The van der Waals surface area contributed by atoms with Crippen molar-refractivity contribution in [2.24, 2.45) is 0 Å². The van der Waals surface area contributed by atoms with Crippen molar-refractivity contribution in [3.8, 4) is 0 Å². The van der Waals surface area contributed by atoms with Gasteiger partial charge in [0.2, 0.25) is 0 Å². The van der Waals surface area contributed by atoms with Gasteiger partial charge in [-0.15, -0.1) is 0 Å². The molecule has 0 amide bonds. The van der Waals surface area contributed by atoms with E-state index in [4.69, 9.17) is 10.2 Å². The number of carbonyl (C=O) groups is 2. The van der Waals surface area contributed by atoms with Crippen LogP contribution >= 0.6 is 0 Å². The summed E-state index contributed by atoms with van der Waals surface area (Å²) in [5, 5.41) is 17.8. The summed E-state index contributed by atoms with van der Waals surface area (Å²) >= 11 is 0. The summed E-state index contributed by atoms with van der Waals surface area (Å²) < 4.78 is 0. The molecule has 3 aromatic rings. The molecule has 0 saturated heterocycles. The van der Waals surface area contributed by atoms with E-state index in [2.05, 4.69) is 9.97 Å². The van der Waals surface area contributed by atoms with Gasteiger partial charge in [0.1, 0.15) is 0 Å². The molecule has 0 radical (unpaired) electrons. The SMILES string of the molecule is O=C(O)CCc1ccc2nc3cccc(CC(=O)O)c3nc2c1. The number of nitrogens with zero attached hydrogens (tertiary/aromatic N) is 2. The lowest BCUT2D eigenvalue weighted by Crippen LogP contribution is -2.02. The molecule has 0 fully saturated rings. The number of hydrogen-bond donors (Lipinski definition) is 2. The minimum atomic E-state index is -0.922. The molecule has 0 unspecified atom stereocenters. The van der Waals surface area contributed by atoms with E-state index >= 15 is 0 Å². The van der Waals surface area contributed by atoms with Gasteiger partial charge in [0, 0.05) is 6.42 Å². The molecule has 3 rings (SSSR count). The molecule has 23 heavy (non-hydrogen) atoms. The Balaban J connectivity index is 2.09. The minimum Gasteiger partial charge on any atom is -0.481 e. The van der Waals surface area contributed by atoms with E-state index in [1.165, 1.54) is 0 Å². The highest BCUT2D eigenvalue weighted by Crippen LogP contribution is 2.21. The van der Waals surface area contributed by atoms with Gasteiger partial charge in [0.25, 0.3) is 0 Å². The Morgan fingerprint density at radius 2 is 1.74 bits per heavy atom. The number of para-hydroxylation sites is 1. The average Bonchev–Trinajstić information content (AvgIpc) is 2.51. The van der Waals surface area contributed by atoms with Crippen LogP contribution in [0.1, 0.15) is 17.5 Å². The number of benzene rings is 2. The number of fused-ring (bicyclic) bond motifs is 2. The molecular weight excluding hydrogens is 296 g/mol. The van der Waals surface area contributed by atoms with Crippen molar-refractivity contribution in [1.29, 1.82) is 0 Å². The lowest BCUT2D eigenvalue weighted by molar-refractivity contribution is -0.137. The number of carboxylic acid groups (broad SMARTS) is 2. The maximum atomic E-state index is 11.0. The van der Waals surface area contributed by atoms with Gasteiger partial charge < -0.3 is 10.2 Å². The van der Waals surface area contributed by atoms with Crippen molar-refractivity contribution < 1.29 is 19.8 Å². The number of hydrogen-bond acceptors (Lipinski definition) is 4. The molecule has 116 valence electrons. The number of aromatic nitrogens is 2. The van der Waals surface area contributed by atoms with Gasteiger partial charge in [-0.05, 0) is 35.7 Å². The number of aryl methyl sites for hydroxylation is 1. The molecule has 2 aromatic carbocycles. The second kappa shape index (κ2) is 6.00. The second-order valence-corrected chi connectivity index (χ2v) is 5.30. The van der Waals surface area contributed by atoms with Crippen LogP contribution in [0.2, 0.25) is 0 Å². The highest BCUT2D eigenvalue weighted by molar-refractivity contribution is 5.90. The fraction of sp³-hybridized carbons (Fsp3) is 0.176. The Labute approximate surface area is 131 Å². The van der Waals surface area contributed by atoms with Crippen LogP contribution in [0.4, 0.5) is 0 Å². The standard InChI is InChI=1S/C17H14N2O4/c20-15(21)7-5-10-4-6-12-14(8-10)19-17-11(9-16(22)23)2-1-3-13(17)18-12/h1-4,6,8H,5,7,9H2,(H,20,21)(H,22,23). The summed E-state index contributed by atoms with van der Waals surface area (Å²) in [6, 6.07) is 10.7. The maximum absolute atomic E-state index is 11.0. The van der Waals surface area contributed by atoms with Crippen LogP contribution in [-0.2, 0) is 22.4 Å². The van der Waals surface area contributed by atoms with Crippen molar-refractivity contribution in [1.82, 2.24) is 9.97 Å². The Morgan fingerprint density at radius 3 is 2.48 bits per heavy atom. The van der Waals surface area contributed by atoms with E-state index in [1.807, 2.05) is 18.2 Å². The molecule has 0 aliphatic carbocycles. The molecule has 0 atom stereocenters. The van der Waals surface area contributed by atoms with E-state index in [0.717, 1.165) is 5.56 Å². The monoisotopic (exact) mass is 310 g/mol. The zero-order valence-corrected chi connectivity index (χ0v) is 12.2. The molecular formula is C17H14N2O4. The first kappa shape index (κ1) is 14.9. The number of aliphatic carboxylic acids is 2. The average molecular weight is 310 g/mol. The van der Waals surface area contributed by atoms with Gasteiger partial charge in [-0.1, -0.05) is 18.2 Å². The number of rotatable bonds is 5. The highest BCUT2D eigenvalue weighted by Gasteiger charge is 2.10. The molecule has 0 aliphatic rings. The second-order valence-electron chi connectivity index (χ2n) is 5.30. The van der Waals surface area contributed by atoms with Gasteiger partial charge in [0.15, 0.2) is 0 Å². The zero-order chi connectivity index (χ0) is 16.4. The van der Waals surface area contributed by atoms with Crippen molar-refractivity contribution in [2.75, 3.05) is 0 Å². The van der Waals surface area contributed by atoms with Crippen molar-refractivity contribution >= 4 is 34.0 Å². The minimum absolute atomic E-state index is 0.0524. The Bertz CT molecular complexity index is 921. The third-order valence-electron chi connectivity index (χ3n) is 3.58. The third kappa shape index (κ3) is 3.26. The van der Waals surface area contributed by atoms with Crippen LogP contribution in [0.5, 0.6) is 0 Å². The third-order valence-corrected chi connectivity index (χ3v) is 3.58. The Morgan fingerprint density at radius 1 is 0.913 bits per heavy atom. The van der Waals surface area contributed by atoms with E-state index in [9.17, 15) is 9.59 Å². The lowest BCUT2D eigenvalue weighted by atomic mass is 10.1. The molecule has 1 heterocycles. The van der Waals surface area contributed by atoms with Gasteiger partial charge >= 0.3 is 11.9 Å². The summed E-state index contributed by atoms with van der Waals surface area (Å²) in [7, 11) is 0. The van der Waals surface area contributed by atoms with Crippen LogP contribution in [0.3, 0.4) is 0 Å². The number of carboxylic acids is 2. The predicted molar refractivity (Wildman–Crippen MR) is 84.3 cm³/mol. The smallest absolute Gasteiger partial charge is 0.307 e. The largest absolute Gasteiger partial charge is 0.481 e. The van der Waals surface area contributed by atoms with Crippen LogP contribution in [0, 0.1) is 0 Å². The Hall–Kier alpha value is -3.02. The first-order valence-electron chi connectivity index (χ1n) is 7.15. The van der Waals surface area contributed by atoms with Crippen molar-refractivity contribution in [3.63, 3.8) is 0 Å². The Kier molecular flexibility index (Phi) is 3.89. The zero-order valence-electron chi connectivity index (χ0n) is 12.2. The fourth-order valence-corrected chi connectivity index (χ4v) is 2.51. The summed E-state index contributed by atoms with van der Waals surface area (Å²) in [5.74, 6) is -1.77. The normalized spacial score (nSPS) is 11.0. The van der Waals surface area contributed by atoms with Gasteiger partial charge in [-0.3, -0.25) is 9.59 Å². The van der Waals surface area contributed by atoms with Crippen LogP contribution in [-0.4, -0.2) is 32.1 Å². The molecule has 6 nitrogen and oxygen atoms in total. The first-order chi connectivity index (χ1) is 11.0. The van der Waals surface area contributed by atoms with Crippen LogP contribution in [0.25, 0.3) is 22.1 Å². The van der Waals surface area contributed by atoms with Crippen LogP contribution in [0.15, 0.2) is 36.4 Å². The predicted octanol–water partition coefficient (Wildman–Crippen LogP) is 2.43. The molecule has 2 N–H and O–H groups in total. The molecule has 0 bridgehead atoms. The molecule has 0 spiro atoms.